The normalized spacial score (nSPS) is 24.4. The zero-order valence-electron chi connectivity index (χ0n) is 15.4. The SMILES string of the molecule is O=C(N[C@@]1(Cc2ccnc(Cl)c2)CCOC(F)[C@@H]1O)c1ccc2ccccc2n1. The third-order valence-corrected chi connectivity index (χ3v) is 5.35. The van der Waals surface area contributed by atoms with Gasteiger partial charge in [0.25, 0.3) is 5.91 Å². The van der Waals surface area contributed by atoms with E-state index in [0.717, 1.165) is 5.39 Å². The summed E-state index contributed by atoms with van der Waals surface area (Å²) in [6.07, 6.45) is -1.54. The minimum atomic E-state index is -1.91. The number of nitrogens with one attached hydrogen (secondary N) is 1. The quantitative estimate of drug-likeness (QED) is 0.640. The second kappa shape index (κ2) is 8.02. The number of ether oxygens (including phenoxy) is 1. The number of para-hydroxylation sites is 1. The van der Waals surface area contributed by atoms with Crippen LogP contribution in [0.15, 0.2) is 54.7 Å². The number of carbonyl (C=O) groups is 1. The molecule has 1 aromatic carbocycles. The highest BCUT2D eigenvalue weighted by Gasteiger charge is 2.47. The lowest BCUT2D eigenvalue weighted by Crippen LogP contribution is -2.64. The lowest BCUT2D eigenvalue weighted by Gasteiger charge is -2.43. The summed E-state index contributed by atoms with van der Waals surface area (Å²) in [5.41, 5.74) is 0.299. The van der Waals surface area contributed by atoms with Crippen molar-refractivity contribution in [1.82, 2.24) is 15.3 Å². The second-order valence-corrected chi connectivity index (χ2v) is 7.47. The molecule has 2 N–H and O–H groups in total. The van der Waals surface area contributed by atoms with Crippen molar-refractivity contribution in [2.45, 2.75) is 30.8 Å². The Morgan fingerprint density at radius 3 is 2.97 bits per heavy atom. The van der Waals surface area contributed by atoms with Gasteiger partial charge in [0.05, 0.1) is 17.7 Å². The summed E-state index contributed by atoms with van der Waals surface area (Å²) in [6, 6.07) is 14.2. The predicted molar refractivity (Wildman–Crippen MR) is 106 cm³/mol. The van der Waals surface area contributed by atoms with Crippen molar-refractivity contribution in [3.8, 4) is 0 Å². The topological polar surface area (TPSA) is 84.3 Å². The predicted octanol–water partition coefficient (Wildman–Crippen LogP) is 3.07. The van der Waals surface area contributed by atoms with E-state index in [-0.39, 0.29) is 30.3 Å². The summed E-state index contributed by atoms with van der Waals surface area (Å²) >= 11 is 5.96. The molecule has 8 heteroatoms. The van der Waals surface area contributed by atoms with Crippen LogP contribution >= 0.6 is 11.6 Å². The molecule has 0 bridgehead atoms. The van der Waals surface area contributed by atoms with Gasteiger partial charge >= 0.3 is 0 Å². The number of hydrogen-bond acceptors (Lipinski definition) is 5. The minimum absolute atomic E-state index is 0.0580. The number of carbonyl (C=O) groups excluding carboxylic acids is 1. The highest BCUT2D eigenvalue weighted by Crippen LogP contribution is 2.31. The number of pyridine rings is 2. The Morgan fingerprint density at radius 2 is 2.14 bits per heavy atom. The van der Waals surface area contributed by atoms with Crippen LogP contribution in [0.5, 0.6) is 0 Å². The number of aromatic nitrogens is 2. The Balaban J connectivity index is 1.66. The van der Waals surface area contributed by atoms with Gasteiger partial charge in [0, 0.05) is 11.6 Å². The summed E-state index contributed by atoms with van der Waals surface area (Å²) in [7, 11) is 0. The van der Waals surface area contributed by atoms with Crippen LogP contribution in [0.2, 0.25) is 5.15 Å². The molecule has 3 aromatic rings. The number of amides is 1. The molecule has 29 heavy (non-hydrogen) atoms. The van der Waals surface area contributed by atoms with Crippen LogP contribution in [0.1, 0.15) is 22.5 Å². The highest BCUT2D eigenvalue weighted by atomic mass is 35.5. The Kier molecular flexibility index (Phi) is 5.45. The number of nitrogens with zero attached hydrogens (tertiary/aromatic N) is 2. The smallest absolute Gasteiger partial charge is 0.270 e. The molecule has 6 nitrogen and oxygen atoms in total. The molecule has 150 valence electrons. The average Bonchev–Trinajstić information content (AvgIpc) is 2.71. The molecule has 1 fully saturated rings. The third kappa shape index (κ3) is 4.07. The molecular weight excluding hydrogens is 397 g/mol. The number of alkyl halides is 1. The van der Waals surface area contributed by atoms with Gasteiger partial charge in [-0.2, -0.15) is 0 Å². The second-order valence-electron chi connectivity index (χ2n) is 7.08. The molecule has 1 unspecified atom stereocenters. The van der Waals surface area contributed by atoms with Gasteiger partial charge in [0.1, 0.15) is 17.0 Å². The van der Waals surface area contributed by atoms with Crippen LogP contribution in [0.25, 0.3) is 10.9 Å². The average molecular weight is 416 g/mol. The number of aliphatic hydroxyl groups excluding tert-OH is 1. The van der Waals surface area contributed by atoms with Crippen LogP contribution in [-0.2, 0) is 11.2 Å². The summed E-state index contributed by atoms with van der Waals surface area (Å²) < 4.78 is 19.2. The van der Waals surface area contributed by atoms with Crippen LogP contribution in [0, 0.1) is 0 Å². The molecule has 4 rings (SSSR count). The lowest BCUT2D eigenvalue weighted by molar-refractivity contribution is -0.177. The minimum Gasteiger partial charge on any atom is -0.385 e. The van der Waals surface area contributed by atoms with E-state index in [1.807, 2.05) is 24.3 Å². The van der Waals surface area contributed by atoms with Gasteiger partial charge in [-0.1, -0.05) is 35.9 Å². The summed E-state index contributed by atoms with van der Waals surface area (Å²) in [6.45, 7) is 0.0580. The van der Waals surface area contributed by atoms with Crippen molar-refractivity contribution in [2.24, 2.45) is 0 Å². The largest absolute Gasteiger partial charge is 0.385 e. The highest BCUT2D eigenvalue weighted by molar-refractivity contribution is 6.29. The Bertz CT molecular complexity index is 1050. The van der Waals surface area contributed by atoms with Gasteiger partial charge in [-0.25, -0.2) is 14.4 Å². The Labute approximate surface area is 171 Å². The van der Waals surface area contributed by atoms with E-state index < -0.39 is 23.9 Å². The van der Waals surface area contributed by atoms with Crippen LogP contribution in [0.4, 0.5) is 4.39 Å². The molecule has 3 heterocycles. The fraction of sp³-hybridized carbons (Fsp3) is 0.286. The van der Waals surface area contributed by atoms with Crippen molar-refractivity contribution in [1.29, 1.82) is 0 Å². The van der Waals surface area contributed by atoms with Crippen molar-refractivity contribution in [3.05, 3.63) is 71.1 Å². The Hall–Kier alpha value is -2.61. The first-order valence-corrected chi connectivity index (χ1v) is 9.57. The van der Waals surface area contributed by atoms with Gasteiger partial charge in [-0.3, -0.25) is 4.79 Å². The number of rotatable bonds is 4. The molecule has 3 atom stereocenters. The van der Waals surface area contributed by atoms with E-state index in [1.165, 1.54) is 6.20 Å². The molecule has 0 aliphatic carbocycles. The number of hydrogen-bond donors (Lipinski definition) is 2. The van der Waals surface area contributed by atoms with Gasteiger partial charge in [-0.05, 0) is 42.7 Å². The van der Waals surface area contributed by atoms with Crippen molar-refractivity contribution < 1.29 is 19.0 Å². The molecule has 1 saturated heterocycles. The maximum absolute atomic E-state index is 14.2. The molecule has 0 radical (unpaired) electrons. The van der Waals surface area contributed by atoms with E-state index in [9.17, 15) is 14.3 Å². The molecule has 1 aliphatic rings. The molecule has 0 spiro atoms. The first-order chi connectivity index (χ1) is 14.0. The summed E-state index contributed by atoms with van der Waals surface area (Å²) in [4.78, 5) is 21.3. The van der Waals surface area contributed by atoms with Gasteiger partial charge in [-0.15, -0.1) is 0 Å². The summed E-state index contributed by atoms with van der Waals surface area (Å²) in [5.74, 6) is -0.496. The zero-order chi connectivity index (χ0) is 20.4. The molecule has 1 aliphatic heterocycles. The van der Waals surface area contributed by atoms with Crippen LogP contribution in [-0.4, -0.2) is 45.6 Å². The van der Waals surface area contributed by atoms with Gasteiger partial charge in [0.15, 0.2) is 0 Å². The van der Waals surface area contributed by atoms with E-state index in [0.29, 0.717) is 11.1 Å². The van der Waals surface area contributed by atoms with Gasteiger partial charge < -0.3 is 15.2 Å². The van der Waals surface area contributed by atoms with Crippen LogP contribution in [0.3, 0.4) is 0 Å². The lowest BCUT2D eigenvalue weighted by atomic mass is 9.81. The summed E-state index contributed by atoms with van der Waals surface area (Å²) in [5, 5.41) is 14.6. The van der Waals surface area contributed by atoms with E-state index in [2.05, 4.69) is 15.3 Å². The standard InChI is InChI=1S/C21H19ClFN3O3/c22-17-11-13(7-9-24-17)12-21(8-10-29-19(23)18(21)27)26-20(28)16-6-5-14-3-1-2-4-15(14)25-16/h1-7,9,11,18-19,27H,8,10,12H2,(H,26,28)/t18-,19?,21+/m0/s1. The van der Waals surface area contributed by atoms with Crippen molar-refractivity contribution >= 4 is 28.4 Å². The first-order valence-electron chi connectivity index (χ1n) is 9.19. The third-order valence-electron chi connectivity index (χ3n) is 5.14. The first kappa shape index (κ1) is 19.7. The van der Waals surface area contributed by atoms with Crippen molar-refractivity contribution in [3.63, 3.8) is 0 Å². The Morgan fingerprint density at radius 1 is 1.31 bits per heavy atom. The van der Waals surface area contributed by atoms with E-state index in [4.69, 9.17) is 16.3 Å². The fourth-order valence-electron chi connectivity index (χ4n) is 3.62. The zero-order valence-corrected chi connectivity index (χ0v) is 16.1. The molecular formula is C21H19ClFN3O3. The van der Waals surface area contributed by atoms with Crippen molar-refractivity contribution in [2.75, 3.05) is 6.61 Å². The maximum Gasteiger partial charge on any atom is 0.270 e. The number of fused-ring (bicyclic) bond motifs is 1. The van der Waals surface area contributed by atoms with Gasteiger partial charge in [0.2, 0.25) is 6.36 Å². The number of halogens is 2. The molecule has 1 amide bonds. The van der Waals surface area contributed by atoms with Crippen LogP contribution < -0.4 is 5.32 Å². The van der Waals surface area contributed by atoms with E-state index >= 15 is 0 Å². The van der Waals surface area contributed by atoms with E-state index in [1.54, 1.807) is 24.3 Å². The monoisotopic (exact) mass is 415 g/mol. The maximum atomic E-state index is 14.2. The number of benzene rings is 1. The molecule has 2 aromatic heterocycles. The fourth-order valence-corrected chi connectivity index (χ4v) is 3.81. The number of aliphatic hydroxyl groups is 1. The molecule has 0 saturated carbocycles.